The number of benzene rings is 1. The number of alkyl halides is 5. The van der Waals surface area contributed by atoms with Crippen LogP contribution in [-0.4, -0.2) is 6.43 Å². The van der Waals surface area contributed by atoms with E-state index in [1.54, 1.807) is 0 Å². The fourth-order valence-corrected chi connectivity index (χ4v) is 1.35. The highest BCUT2D eigenvalue weighted by molar-refractivity contribution is 6.31. The minimum Gasteiger partial charge on any atom is -0.319 e. The van der Waals surface area contributed by atoms with Gasteiger partial charge in [-0.15, -0.1) is 0 Å². The lowest BCUT2D eigenvalue weighted by Crippen LogP contribution is -2.20. The maximum absolute atomic E-state index is 12.3. The number of halogens is 6. The van der Waals surface area contributed by atoms with Gasteiger partial charge < -0.3 is 5.73 Å². The van der Waals surface area contributed by atoms with Crippen LogP contribution in [-0.2, 0) is 6.18 Å². The van der Waals surface area contributed by atoms with Crippen LogP contribution in [0.15, 0.2) is 18.2 Å². The second kappa shape index (κ2) is 4.55. The second-order valence-corrected chi connectivity index (χ2v) is 3.50. The molecule has 1 aromatic carbocycles. The maximum atomic E-state index is 12.3. The molecule has 0 radical (unpaired) electrons. The monoisotopic (exact) mass is 259 g/mol. The van der Waals surface area contributed by atoms with Crippen LogP contribution in [0.3, 0.4) is 0 Å². The zero-order valence-electron chi connectivity index (χ0n) is 7.73. The number of nitrogens with two attached hydrogens (primary N) is 1. The van der Waals surface area contributed by atoms with Crippen LogP contribution in [0.1, 0.15) is 17.2 Å². The molecule has 2 N–H and O–H groups in total. The van der Waals surface area contributed by atoms with Gasteiger partial charge in [-0.2, -0.15) is 13.2 Å². The molecule has 7 heteroatoms. The molecule has 0 unspecified atom stereocenters. The third kappa shape index (κ3) is 2.82. The third-order valence-corrected chi connectivity index (χ3v) is 2.30. The Bertz CT molecular complexity index is 377. The topological polar surface area (TPSA) is 26.0 Å². The smallest absolute Gasteiger partial charge is 0.319 e. The van der Waals surface area contributed by atoms with Crippen molar-refractivity contribution < 1.29 is 22.0 Å². The molecule has 0 bridgehead atoms. The van der Waals surface area contributed by atoms with E-state index in [2.05, 4.69) is 0 Å². The Morgan fingerprint density at radius 3 is 2.19 bits per heavy atom. The molecular weight excluding hydrogens is 253 g/mol. The molecule has 0 amide bonds. The largest absolute Gasteiger partial charge is 0.416 e. The van der Waals surface area contributed by atoms with Crippen LogP contribution in [0, 0.1) is 0 Å². The van der Waals surface area contributed by atoms with E-state index in [-0.39, 0.29) is 5.02 Å². The van der Waals surface area contributed by atoms with Gasteiger partial charge in [0, 0.05) is 5.02 Å². The van der Waals surface area contributed by atoms with Crippen molar-refractivity contribution in [2.75, 3.05) is 0 Å². The van der Waals surface area contributed by atoms with Crippen molar-refractivity contribution >= 4 is 11.6 Å². The average molecular weight is 260 g/mol. The normalized spacial score (nSPS) is 14.2. The lowest BCUT2D eigenvalue weighted by Gasteiger charge is -2.15. The predicted octanol–water partition coefficient (Wildman–Crippen LogP) is 3.62. The van der Waals surface area contributed by atoms with Crippen LogP contribution in [0.25, 0.3) is 0 Å². The lowest BCUT2D eigenvalue weighted by molar-refractivity contribution is -0.137. The molecule has 0 saturated heterocycles. The summed E-state index contributed by atoms with van der Waals surface area (Å²) >= 11 is 5.50. The lowest BCUT2D eigenvalue weighted by atomic mass is 10.0. The molecule has 16 heavy (non-hydrogen) atoms. The van der Waals surface area contributed by atoms with Crippen molar-refractivity contribution in [3.05, 3.63) is 34.3 Å². The Balaban J connectivity index is 3.19. The van der Waals surface area contributed by atoms with E-state index in [1.807, 2.05) is 0 Å². The SMILES string of the molecule is N[C@H](c1cc(C(F)(F)F)ccc1Cl)C(F)F. The highest BCUT2D eigenvalue weighted by Crippen LogP contribution is 2.34. The van der Waals surface area contributed by atoms with Gasteiger partial charge in [-0.3, -0.25) is 0 Å². The first-order chi connectivity index (χ1) is 7.23. The molecule has 0 fully saturated rings. The van der Waals surface area contributed by atoms with E-state index in [9.17, 15) is 22.0 Å². The number of rotatable bonds is 2. The van der Waals surface area contributed by atoms with Crippen molar-refractivity contribution in [3.63, 3.8) is 0 Å². The van der Waals surface area contributed by atoms with E-state index in [1.165, 1.54) is 0 Å². The first-order valence-corrected chi connectivity index (χ1v) is 4.51. The molecule has 1 nitrogen and oxygen atoms in total. The Morgan fingerprint density at radius 2 is 1.75 bits per heavy atom. The summed E-state index contributed by atoms with van der Waals surface area (Å²) in [6.07, 6.45) is -7.58. The Labute approximate surface area is 93.0 Å². The van der Waals surface area contributed by atoms with Crippen molar-refractivity contribution in [1.82, 2.24) is 0 Å². The Morgan fingerprint density at radius 1 is 1.19 bits per heavy atom. The quantitative estimate of drug-likeness (QED) is 0.807. The minimum atomic E-state index is -4.61. The average Bonchev–Trinajstić information content (AvgIpc) is 2.15. The molecule has 0 aromatic heterocycles. The highest BCUT2D eigenvalue weighted by atomic mass is 35.5. The molecule has 0 spiro atoms. The van der Waals surface area contributed by atoms with E-state index in [0.29, 0.717) is 12.1 Å². The fourth-order valence-electron chi connectivity index (χ4n) is 1.11. The van der Waals surface area contributed by atoms with Crippen molar-refractivity contribution in [3.8, 4) is 0 Å². The van der Waals surface area contributed by atoms with Crippen LogP contribution >= 0.6 is 11.6 Å². The minimum absolute atomic E-state index is 0.208. The summed E-state index contributed by atoms with van der Waals surface area (Å²) in [5.74, 6) is 0. The molecule has 1 aromatic rings. The van der Waals surface area contributed by atoms with E-state index in [0.717, 1.165) is 6.07 Å². The zero-order valence-corrected chi connectivity index (χ0v) is 8.49. The van der Waals surface area contributed by atoms with Crippen molar-refractivity contribution in [1.29, 1.82) is 0 Å². The highest BCUT2D eigenvalue weighted by Gasteiger charge is 2.32. The van der Waals surface area contributed by atoms with Crippen LogP contribution in [0.5, 0.6) is 0 Å². The standard InChI is InChI=1S/C9H7ClF5N/c10-6-2-1-4(9(13,14)15)3-5(6)7(16)8(11)12/h1-3,7-8H,16H2/t7-/m1/s1. The summed E-state index contributed by atoms with van der Waals surface area (Å²) in [6, 6.07) is 0.334. The fraction of sp³-hybridized carbons (Fsp3) is 0.333. The summed E-state index contributed by atoms with van der Waals surface area (Å²) in [4.78, 5) is 0. The molecule has 1 rings (SSSR count). The van der Waals surface area contributed by atoms with Gasteiger partial charge >= 0.3 is 6.18 Å². The second-order valence-electron chi connectivity index (χ2n) is 3.09. The zero-order chi connectivity index (χ0) is 12.5. The summed E-state index contributed by atoms with van der Waals surface area (Å²) in [7, 11) is 0. The van der Waals surface area contributed by atoms with Crippen LogP contribution in [0.2, 0.25) is 5.02 Å². The Kier molecular flexibility index (Phi) is 3.75. The van der Waals surface area contributed by atoms with Gasteiger partial charge in [0.15, 0.2) is 0 Å². The van der Waals surface area contributed by atoms with E-state index >= 15 is 0 Å². The molecule has 0 aliphatic carbocycles. The van der Waals surface area contributed by atoms with Gasteiger partial charge in [0.1, 0.15) is 0 Å². The third-order valence-electron chi connectivity index (χ3n) is 1.95. The van der Waals surface area contributed by atoms with Gasteiger partial charge in [0.05, 0.1) is 11.6 Å². The summed E-state index contributed by atoms with van der Waals surface area (Å²) in [6.45, 7) is 0. The van der Waals surface area contributed by atoms with Gasteiger partial charge in [-0.05, 0) is 23.8 Å². The van der Waals surface area contributed by atoms with E-state index < -0.39 is 29.8 Å². The number of hydrogen-bond donors (Lipinski definition) is 1. The maximum Gasteiger partial charge on any atom is 0.416 e. The van der Waals surface area contributed by atoms with Crippen LogP contribution < -0.4 is 5.73 Å². The Hall–Kier alpha value is -0.880. The molecule has 0 aliphatic heterocycles. The molecule has 0 aliphatic rings. The van der Waals surface area contributed by atoms with Gasteiger partial charge in [-0.1, -0.05) is 11.6 Å². The summed E-state index contributed by atoms with van der Waals surface area (Å²) in [5, 5.41) is -0.208. The van der Waals surface area contributed by atoms with Gasteiger partial charge in [-0.25, -0.2) is 8.78 Å². The molecule has 1 atom stereocenters. The molecular formula is C9H7ClF5N. The summed E-state index contributed by atoms with van der Waals surface area (Å²) in [5.41, 5.74) is 3.59. The van der Waals surface area contributed by atoms with Gasteiger partial charge in [0.25, 0.3) is 6.43 Å². The molecule has 0 heterocycles. The summed E-state index contributed by atoms with van der Waals surface area (Å²) < 4.78 is 61.4. The van der Waals surface area contributed by atoms with E-state index in [4.69, 9.17) is 17.3 Å². The molecule has 0 saturated carbocycles. The molecule has 90 valence electrons. The first-order valence-electron chi connectivity index (χ1n) is 4.14. The van der Waals surface area contributed by atoms with Gasteiger partial charge in [0.2, 0.25) is 0 Å². The first kappa shape index (κ1) is 13.2. The van der Waals surface area contributed by atoms with Crippen molar-refractivity contribution in [2.45, 2.75) is 18.6 Å². The number of hydrogen-bond acceptors (Lipinski definition) is 1. The van der Waals surface area contributed by atoms with Crippen molar-refractivity contribution in [2.24, 2.45) is 5.73 Å². The predicted molar refractivity (Wildman–Crippen MR) is 49.4 cm³/mol. The van der Waals surface area contributed by atoms with Crippen LogP contribution in [0.4, 0.5) is 22.0 Å².